The van der Waals surface area contributed by atoms with E-state index in [1.807, 2.05) is 0 Å². The molecule has 4 saturated carbocycles. The van der Waals surface area contributed by atoms with Gasteiger partial charge < -0.3 is 11.1 Å². The minimum Gasteiger partial charge on any atom is -0.382 e. The predicted molar refractivity (Wildman–Crippen MR) is 76.7 cm³/mol. The minimum atomic E-state index is 0.653. The molecule has 0 aromatic carbocycles. The standard InChI is InChI=1S/C15H24N4/c16-14-13(9-18-19-14)17-2-1-15-6-10-3-11(7-15)5-12(4-10)8-15/h9-12,17H,1-8H2,(H3,16,18,19). The second-order valence-electron chi connectivity index (χ2n) is 7.29. The van der Waals surface area contributed by atoms with Crippen molar-refractivity contribution in [3.8, 4) is 0 Å². The van der Waals surface area contributed by atoms with Crippen molar-refractivity contribution in [3.63, 3.8) is 0 Å². The first-order valence-corrected chi connectivity index (χ1v) is 7.75. The topological polar surface area (TPSA) is 66.7 Å². The molecule has 4 nitrogen and oxygen atoms in total. The first kappa shape index (κ1) is 11.6. The summed E-state index contributed by atoms with van der Waals surface area (Å²) in [5.41, 5.74) is 7.42. The molecule has 5 rings (SSSR count). The van der Waals surface area contributed by atoms with Crippen LogP contribution in [0.1, 0.15) is 44.9 Å². The van der Waals surface area contributed by atoms with Crippen LogP contribution in [0.3, 0.4) is 0 Å². The van der Waals surface area contributed by atoms with Crippen LogP contribution in [0, 0.1) is 23.2 Å². The summed E-state index contributed by atoms with van der Waals surface area (Å²) in [6, 6.07) is 0. The van der Waals surface area contributed by atoms with Crippen molar-refractivity contribution in [3.05, 3.63) is 6.20 Å². The number of aromatic nitrogens is 2. The van der Waals surface area contributed by atoms with Gasteiger partial charge in [-0.1, -0.05) is 0 Å². The van der Waals surface area contributed by atoms with Gasteiger partial charge in [-0.25, -0.2) is 0 Å². The fraction of sp³-hybridized carbons (Fsp3) is 0.800. The number of nitrogens with zero attached hydrogens (tertiary/aromatic N) is 1. The van der Waals surface area contributed by atoms with E-state index in [0.29, 0.717) is 11.2 Å². The van der Waals surface area contributed by atoms with Crippen LogP contribution < -0.4 is 11.1 Å². The summed E-state index contributed by atoms with van der Waals surface area (Å²) >= 11 is 0. The van der Waals surface area contributed by atoms with Crippen molar-refractivity contribution in [2.24, 2.45) is 23.2 Å². The number of rotatable bonds is 4. The second kappa shape index (κ2) is 4.15. The fourth-order valence-electron chi connectivity index (χ4n) is 5.50. The van der Waals surface area contributed by atoms with Gasteiger partial charge in [0.15, 0.2) is 0 Å². The van der Waals surface area contributed by atoms with Crippen LogP contribution in [0.2, 0.25) is 0 Å². The third-order valence-electron chi connectivity index (χ3n) is 5.80. The van der Waals surface area contributed by atoms with Gasteiger partial charge in [-0.2, -0.15) is 5.10 Å². The van der Waals surface area contributed by atoms with Crippen LogP contribution >= 0.6 is 0 Å². The number of anilines is 2. The van der Waals surface area contributed by atoms with E-state index >= 15 is 0 Å². The molecule has 1 aromatic heterocycles. The summed E-state index contributed by atoms with van der Waals surface area (Å²) in [6.45, 7) is 1.04. The maximum absolute atomic E-state index is 5.81. The number of hydrogen-bond acceptors (Lipinski definition) is 3. The van der Waals surface area contributed by atoms with E-state index in [-0.39, 0.29) is 0 Å². The lowest BCUT2D eigenvalue weighted by molar-refractivity contribution is -0.0552. The molecule has 0 radical (unpaired) electrons. The highest BCUT2D eigenvalue weighted by molar-refractivity contribution is 5.59. The summed E-state index contributed by atoms with van der Waals surface area (Å²) < 4.78 is 0. The van der Waals surface area contributed by atoms with Gasteiger partial charge in [0, 0.05) is 6.54 Å². The average molecular weight is 260 g/mol. The summed E-state index contributed by atoms with van der Waals surface area (Å²) in [5.74, 6) is 3.80. The molecule has 4 bridgehead atoms. The molecule has 0 atom stereocenters. The van der Waals surface area contributed by atoms with E-state index in [2.05, 4.69) is 15.5 Å². The van der Waals surface area contributed by atoms with Gasteiger partial charge in [0.1, 0.15) is 5.82 Å². The number of nitrogens with two attached hydrogens (primary N) is 1. The maximum atomic E-state index is 5.81. The van der Waals surface area contributed by atoms with E-state index in [0.717, 1.165) is 30.0 Å². The van der Waals surface area contributed by atoms with Crippen molar-refractivity contribution >= 4 is 11.5 Å². The number of aromatic amines is 1. The first-order valence-electron chi connectivity index (χ1n) is 7.75. The first-order chi connectivity index (χ1) is 9.22. The molecule has 1 heterocycles. The van der Waals surface area contributed by atoms with Gasteiger partial charge in [0.2, 0.25) is 0 Å². The quantitative estimate of drug-likeness (QED) is 0.779. The molecule has 4 fully saturated rings. The van der Waals surface area contributed by atoms with Gasteiger partial charge in [-0.3, -0.25) is 5.10 Å². The Hall–Kier alpha value is -1.19. The van der Waals surface area contributed by atoms with Gasteiger partial charge in [-0.05, 0) is 68.1 Å². The third kappa shape index (κ3) is 2.01. The number of nitrogens with one attached hydrogen (secondary N) is 2. The lowest BCUT2D eigenvalue weighted by Gasteiger charge is -2.57. The molecule has 4 aliphatic rings. The maximum Gasteiger partial charge on any atom is 0.142 e. The lowest BCUT2D eigenvalue weighted by atomic mass is 9.49. The highest BCUT2D eigenvalue weighted by Crippen LogP contribution is 2.61. The van der Waals surface area contributed by atoms with E-state index < -0.39 is 0 Å². The molecule has 4 aliphatic carbocycles. The van der Waals surface area contributed by atoms with Gasteiger partial charge in [0.05, 0.1) is 11.9 Å². The Kier molecular flexibility index (Phi) is 2.54. The van der Waals surface area contributed by atoms with Crippen LogP contribution in [0.5, 0.6) is 0 Å². The highest BCUT2D eigenvalue weighted by Gasteiger charge is 2.50. The van der Waals surface area contributed by atoms with E-state index in [1.165, 1.54) is 44.9 Å². The van der Waals surface area contributed by atoms with Gasteiger partial charge in [-0.15, -0.1) is 0 Å². The molecule has 0 unspecified atom stereocenters. The summed E-state index contributed by atoms with van der Waals surface area (Å²) in [7, 11) is 0. The van der Waals surface area contributed by atoms with Crippen LogP contribution in [0.25, 0.3) is 0 Å². The average Bonchev–Trinajstić information content (AvgIpc) is 2.73. The molecule has 19 heavy (non-hydrogen) atoms. The van der Waals surface area contributed by atoms with Crippen molar-refractivity contribution in [2.75, 3.05) is 17.6 Å². The molecule has 1 aromatic rings. The highest BCUT2D eigenvalue weighted by atomic mass is 15.2. The van der Waals surface area contributed by atoms with Gasteiger partial charge >= 0.3 is 0 Å². The summed E-state index contributed by atoms with van der Waals surface area (Å²) in [6.07, 6.45) is 12.1. The zero-order valence-corrected chi connectivity index (χ0v) is 11.5. The van der Waals surface area contributed by atoms with Crippen LogP contribution in [-0.4, -0.2) is 16.7 Å². The van der Waals surface area contributed by atoms with Crippen LogP contribution in [0.4, 0.5) is 11.5 Å². The Morgan fingerprint density at radius 3 is 2.37 bits per heavy atom. The third-order valence-corrected chi connectivity index (χ3v) is 5.80. The van der Waals surface area contributed by atoms with E-state index in [4.69, 9.17) is 5.73 Å². The molecule has 104 valence electrons. The predicted octanol–water partition coefficient (Wildman–Crippen LogP) is 3.01. The monoisotopic (exact) mass is 260 g/mol. The Bertz CT molecular complexity index is 429. The van der Waals surface area contributed by atoms with Crippen molar-refractivity contribution < 1.29 is 0 Å². The second-order valence-corrected chi connectivity index (χ2v) is 7.29. The zero-order chi connectivity index (χ0) is 12.9. The van der Waals surface area contributed by atoms with Crippen LogP contribution in [-0.2, 0) is 0 Å². The molecule has 0 spiro atoms. The number of H-pyrrole nitrogens is 1. The van der Waals surface area contributed by atoms with Crippen LogP contribution in [0.15, 0.2) is 6.20 Å². The molecule has 0 saturated heterocycles. The lowest BCUT2D eigenvalue weighted by Crippen LogP contribution is -2.46. The molecule has 0 aliphatic heterocycles. The molecular formula is C15H24N4. The Morgan fingerprint density at radius 1 is 1.21 bits per heavy atom. The van der Waals surface area contributed by atoms with E-state index in [1.54, 1.807) is 6.20 Å². The van der Waals surface area contributed by atoms with Crippen molar-refractivity contribution in [1.82, 2.24) is 10.2 Å². The number of hydrogen-bond donors (Lipinski definition) is 3. The van der Waals surface area contributed by atoms with Crippen molar-refractivity contribution in [2.45, 2.75) is 44.9 Å². The summed E-state index contributed by atoms with van der Waals surface area (Å²) in [5, 5.41) is 10.2. The number of nitrogen functional groups attached to an aromatic ring is 1. The van der Waals surface area contributed by atoms with Crippen molar-refractivity contribution in [1.29, 1.82) is 0 Å². The fourth-order valence-corrected chi connectivity index (χ4v) is 5.50. The smallest absolute Gasteiger partial charge is 0.142 e. The zero-order valence-electron chi connectivity index (χ0n) is 11.5. The Balaban J connectivity index is 1.39. The normalized spacial score (nSPS) is 39.7. The molecule has 4 N–H and O–H groups in total. The largest absolute Gasteiger partial charge is 0.382 e. The molecule has 0 amide bonds. The minimum absolute atomic E-state index is 0.653. The van der Waals surface area contributed by atoms with E-state index in [9.17, 15) is 0 Å². The summed E-state index contributed by atoms with van der Waals surface area (Å²) in [4.78, 5) is 0. The van der Waals surface area contributed by atoms with Gasteiger partial charge in [0.25, 0.3) is 0 Å². The Morgan fingerprint density at radius 2 is 1.84 bits per heavy atom. The SMILES string of the molecule is Nc1[nH]ncc1NCCC12CC3CC(CC(C3)C1)C2. The Labute approximate surface area is 114 Å². The molecule has 4 heteroatoms. The molecular weight excluding hydrogens is 236 g/mol.